The molecule has 1 N–H and O–H groups in total. The number of rotatable bonds is 4. The second kappa shape index (κ2) is 6.91. The van der Waals surface area contributed by atoms with Crippen LogP contribution in [0.25, 0.3) is 0 Å². The molecule has 1 unspecified atom stereocenters. The van der Waals surface area contributed by atoms with Gasteiger partial charge in [0.25, 0.3) is 0 Å². The molecule has 1 atom stereocenters. The van der Waals surface area contributed by atoms with Crippen LogP contribution in [0.4, 0.5) is 5.69 Å². The van der Waals surface area contributed by atoms with Crippen molar-refractivity contribution in [3.8, 4) is 11.5 Å². The Kier molecular flexibility index (Phi) is 4.71. The van der Waals surface area contributed by atoms with E-state index >= 15 is 0 Å². The lowest BCUT2D eigenvalue weighted by molar-refractivity contribution is -0.115. The van der Waals surface area contributed by atoms with E-state index < -0.39 is 0 Å². The summed E-state index contributed by atoms with van der Waals surface area (Å²) >= 11 is 1.36. The summed E-state index contributed by atoms with van der Waals surface area (Å²) in [6.45, 7) is 3.09. The van der Waals surface area contributed by atoms with Gasteiger partial charge in [-0.1, -0.05) is 11.8 Å². The van der Waals surface area contributed by atoms with Gasteiger partial charge in [-0.3, -0.25) is 4.79 Å². The number of hydrogen-bond acceptors (Lipinski definition) is 6. The van der Waals surface area contributed by atoms with Gasteiger partial charge in [0, 0.05) is 25.2 Å². The molecule has 1 aliphatic rings. The Hall–Kier alpha value is -2.22. The molecule has 0 spiro atoms. The maximum absolute atomic E-state index is 12.3. The number of nitrogens with zero attached hydrogens (tertiary/aromatic N) is 3. The van der Waals surface area contributed by atoms with Crippen LogP contribution in [-0.2, 0) is 11.8 Å². The van der Waals surface area contributed by atoms with Crippen molar-refractivity contribution in [2.75, 3.05) is 18.5 Å². The van der Waals surface area contributed by atoms with Crippen LogP contribution in [0.1, 0.15) is 13.3 Å². The number of nitrogens with one attached hydrogen (secondary N) is 1. The number of aryl methyl sites for hydroxylation is 1. The van der Waals surface area contributed by atoms with E-state index in [-0.39, 0.29) is 11.2 Å². The van der Waals surface area contributed by atoms with Gasteiger partial charge in [0.15, 0.2) is 16.7 Å². The Morgan fingerprint density at radius 3 is 2.87 bits per heavy atom. The minimum atomic E-state index is -0.297. The highest BCUT2D eigenvalue weighted by Gasteiger charge is 2.18. The van der Waals surface area contributed by atoms with Crippen LogP contribution in [0, 0.1) is 0 Å². The van der Waals surface area contributed by atoms with E-state index in [2.05, 4.69) is 15.5 Å². The topological polar surface area (TPSA) is 78.3 Å². The summed E-state index contributed by atoms with van der Waals surface area (Å²) in [7, 11) is 1.84. The van der Waals surface area contributed by atoms with E-state index in [1.54, 1.807) is 17.0 Å². The third-order valence-corrected chi connectivity index (χ3v) is 4.48. The van der Waals surface area contributed by atoms with Crippen molar-refractivity contribution >= 4 is 23.4 Å². The minimum absolute atomic E-state index is 0.104. The lowest BCUT2D eigenvalue weighted by atomic mass is 10.2. The molecule has 2 heterocycles. The van der Waals surface area contributed by atoms with Gasteiger partial charge >= 0.3 is 0 Å². The molecule has 0 saturated heterocycles. The van der Waals surface area contributed by atoms with E-state index in [0.29, 0.717) is 35.6 Å². The van der Waals surface area contributed by atoms with E-state index in [0.717, 1.165) is 6.42 Å². The van der Waals surface area contributed by atoms with Crippen molar-refractivity contribution in [2.24, 2.45) is 7.05 Å². The molecule has 8 heteroatoms. The van der Waals surface area contributed by atoms with E-state index in [1.807, 2.05) is 26.1 Å². The highest BCUT2D eigenvalue weighted by atomic mass is 32.2. The first-order valence-electron chi connectivity index (χ1n) is 7.34. The number of carbonyl (C=O) groups is 1. The predicted octanol–water partition coefficient (Wildman–Crippen LogP) is 2.10. The fraction of sp³-hybridized carbons (Fsp3) is 0.400. The number of thioether (sulfide) groups is 1. The normalized spacial score (nSPS) is 14.9. The Labute approximate surface area is 138 Å². The Morgan fingerprint density at radius 1 is 1.35 bits per heavy atom. The van der Waals surface area contributed by atoms with Crippen molar-refractivity contribution in [2.45, 2.75) is 23.8 Å². The van der Waals surface area contributed by atoms with Crippen LogP contribution in [0.2, 0.25) is 0 Å². The fourth-order valence-corrected chi connectivity index (χ4v) is 2.87. The molecule has 0 aliphatic carbocycles. The van der Waals surface area contributed by atoms with E-state index in [9.17, 15) is 4.79 Å². The maximum Gasteiger partial charge on any atom is 0.237 e. The first kappa shape index (κ1) is 15.7. The van der Waals surface area contributed by atoms with Crippen LogP contribution < -0.4 is 14.8 Å². The van der Waals surface area contributed by atoms with Gasteiger partial charge < -0.3 is 19.4 Å². The molecule has 122 valence electrons. The molecule has 2 aromatic rings. The van der Waals surface area contributed by atoms with Crippen LogP contribution in [0.15, 0.2) is 29.7 Å². The third-order valence-electron chi connectivity index (χ3n) is 3.34. The van der Waals surface area contributed by atoms with Gasteiger partial charge in [0.1, 0.15) is 6.33 Å². The van der Waals surface area contributed by atoms with Crippen molar-refractivity contribution in [1.29, 1.82) is 0 Å². The molecule has 23 heavy (non-hydrogen) atoms. The second-order valence-corrected chi connectivity index (χ2v) is 6.49. The van der Waals surface area contributed by atoms with Gasteiger partial charge in [0.05, 0.1) is 18.5 Å². The van der Waals surface area contributed by atoms with Crippen molar-refractivity contribution in [1.82, 2.24) is 14.8 Å². The summed E-state index contributed by atoms with van der Waals surface area (Å²) < 4.78 is 13.0. The molecular formula is C15H18N4O3S. The zero-order valence-corrected chi connectivity index (χ0v) is 13.8. The Morgan fingerprint density at radius 2 is 2.13 bits per heavy atom. The molecule has 0 radical (unpaired) electrons. The Balaban J connectivity index is 1.65. The average molecular weight is 334 g/mol. The first-order chi connectivity index (χ1) is 11.1. The first-order valence-corrected chi connectivity index (χ1v) is 8.22. The number of ether oxygens (including phenoxy) is 2. The second-order valence-electron chi connectivity index (χ2n) is 5.19. The lowest BCUT2D eigenvalue weighted by Gasteiger charge is -2.13. The molecule has 0 fully saturated rings. The molecule has 3 rings (SSSR count). The maximum atomic E-state index is 12.3. The van der Waals surface area contributed by atoms with Crippen LogP contribution in [0.3, 0.4) is 0 Å². The zero-order chi connectivity index (χ0) is 16.2. The number of amides is 1. The van der Waals surface area contributed by atoms with Crippen molar-refractivity contribution < 1.29 is 14.3 Å². The molecule has 1 aliphatic heterocycles. The number of aromatic nitrogens is 3. The number of fused-ring (bicyclic) bond motifs is 1. The quantitative estimate of drug-likeness (QED) is 0.863. The van der Waals surface area contributed by atoms with Gasteiger partial charge in [-0.25, -0.2) is 0 Å². The molecule has 0 bridgehead atoms. The summed E-state index contributed by atoms with van der Waals surface area (Å²) in [6.07, 6.45) is 2.46. The monoisotopic (exact) mass is 334 g/mol. The number of hydrogen-bond donors (Lipinski definition) is 1. The summed E-state index contributed by atoms with van der Waals surface area (Å²) in [6, 6.07) is 5.42. The van der Waals surface area contributed by atoms with Gasteiger partial charge in [-0.2, -0.15) is 0 Å². The molecule has 1 amide bonds. The van der Waals surface area contributed by atoms with Gasteiger partial charge in [-0.05, 0) is 19.1 Å². The fourth-order valence-electron chi connectivity index (χ4n) is 2.08. The van der Waals surface area contributed by atoms with Gasteiger partial charge in [0.2, 0.25) is 5.91 Å². The molecule has 1 aromatic carbocycles. The van der Waals surface area contributed by atoms with Gasteiger partial charge in [-0.15, -0.1) is 10.2 Å². The summed E-state index contributed by atoms with van der Waals surface area (Å²) in [5.41, 5.74) is 0.685. The minimum Gasteiger partial charge on any atom is -0.490 e. The zero-order valence-electron chi connectivity index (χ0n) is 13.0. The number of carbonyl (C=O) groups excluding carboxylic acids is 1. The predicted molar refractivity (Wildman–Crippen MR) is 87.0 cm³/mol. The largest absolute Gasteiger partial charge is 0.490 e. The van der Waals surface area contributed by atoms with Crippen molar-refractivity contribution in [3.05, 3.63) is 24.5 Å². The highest BCUT2D eigenvalue weighted by Crippen LogP contribution is 2.32. The molecule has 7 nitrogen and oxygen atoms in total. The summed E-state index contributed by atoms with van der Waals surface area (Å²) in [5.74, 6) is 1.27. The number of anilines is 1. The average Bonchev–Trinajstić information content (AvgIpc) is 2.80. The third kappa shape index (κ3) is 3.76. The van der Waals surface area contributed by atoms with Crippen LogP contribution in [-0.4, -0.2) is 39.1 Å². The smallest absolute Gasteiger partial charge is 0.237 e. The van der Waals surface area contributed by atoms with Crippen LogP contribution >= 0.6 is 11.8 Å². The lowest BCUT2D eigenvalue weighted by Crippen LogP contribution is -2.22. The van der Waals surface area contributed by atoms with E-state index in [4.69, 9.17) is 9.47 Å². The highest BCUT2D eigenvalue weighted by molar-refractivity contribution is 8.00. The Bertz CT molecular complexity index is 704. The summed E-state index contributed by atoms with van der Waals surface area (Å²) in [5, 5.41) is 11.1. The van der Waals surface area contributed by atoms with Crippen LogP contribution in [0.5, 0.6) is 11.5 Å². The standard InChI is InChI=1S/C15H18N4O3S/c1-10(23-15-18-16-9-19(15)2)14(20)17-11-4-5-12-13(8-11)22-7-3-6-21-12/h4-5,8-10H,3,6-7H2,1-2H3,(H,17,20). The molecule has 1 aromatic heterocycles. The molecular weight excluding hydrogens is 316 g/mol. The van der Waals surface area contributed by atoms with Crippen molar-refractivity contribution in [3.63, 3.8) is 0 Å². The molecule has 0 saturated carbocycles. The number of benzene rings is 1. The summed E-state index contributed by atoms with van der Waals surface area (Å²) in [4.78, 5) is 12.3. The SMILES string of the molecule is CC(Sc1nncn1C)C(=O)Nc1ccc2c(c1)OCCCO2. The van der Waals surface area contributed by atoms with E-state index in [1.165, 1.54) is 11.8 Å².